The Morgan fingerprint density at radius 3 is 2.68 bits per heavy atom. The van der Waals surface area contributed by atoms with Crippen LogP contribution >= 0.6 is 0 Å². The highest BCUT2D eigenvalue weighted by Crippen LogP contribution is 2.36. The van der Waals surface area contributed by atoms with E-state index in [9.17, 15) is 14.0 Å². The number of nitrogens with one attached hydrogen (secondary N) is 1. The molecule has 0 aliphatic carbocycles. The Morgan fingerprint density at radius 2 is 1.85 bits per heavy atom. The SMILES string of the molecule is O=C(NCc1cccc(F)c1)C1Cc2ccccc2N2CCN(CC(=O)N3CCOCC3)CC12. The lowest BCUT2D eigenvalue weighted by molar-refractivity contribution is -0.136. The summed E-state index contributed by atoms with van der Waals surface area (Å²) in [6.07, 6.45) is 0.650. The number of amides is 2. The van der Waals surface area contributed by atoms with Crippen LogP contribution < -0.4 is 10.2 Å². The van der Waals surface area contributed by atoms with Crippen molar-refractivity contribution < 1.29 is 18.7 Å². The fourth-order valence-corrected chi connectivity index (χ4v) is 5.33. The molecule has 0 saturated carbocycles. The molecule has 2 fully saturated rings. The van der Waals surface area contributed by atoms with Gasteiger partial charge < -0.3 is 19.9 Å². The van der Waals surface area contributed by atoms with Crippen molar-refractivity contribution >= 4 is 17.5 Å². The van der Waals surface area contributed by atoms with E-state index in [1.807, 2.05) is 23.1 Å². The summed E-state index contributed by atoms with van der Waals surface area (Å²) in [5, 5.41) is 3.03. The van der Waals surface area contributed by atoms with Gasteiger partial charge in [0.05, 0.1) is 31.7 Å². The first kappa shape index (κ1) is 22.8. The fraction of sp³-hybridized carbons (Fsp3) is 0.462. The molecular formula is C26H31FN4O3. The zero-order chi connectivity index (χ0) is 23.5. The molecule has 0 spiro atoms. The van der Waals surface area contributed by atoms with Crippen molar-refractivity contribution in [3.63, 3.8) is 0 Å². The number of hydrogen-bond acceptors (Lipinski definition) is 5. The molecule has 0 radical (unpaired) electrons. The van der Waals surface area contributed by atoms with Crippen LogP contribution in [0.2, 0.25) is 0 Å². The van der Waals surface area contributed by atoms with Gasteiger partial charge in [0.15, 0.2) is 0 Å². The second-order valence-corrected chi connectivity index (χ2v) is 9.28. The number of piperazine rings is 1. The quantitative estimate of drug-likeness (QED) is 0.726. The number of para-hydroxylation sites is 1. The molecule has 2 aromatic carbocycles. The maximum atomic E-state index is 13.6. The molecule has 2 atom stereocenters. The van der Waals surface area contributed by atoms with Gasteiger partial charge in [0, 0.05) is 45.0 Å². The van der Waals surface area contributed by atoms with Crippen LogP contribution in [0.5, 0.6) is 0 Å². The Labute approximate surface area is 199 Å². The zero-order valence-electron chi connectivity index (χ0n) is 19.3. The molecule has 3 aliphatic heterocycles. The van der Waals surface area contributed by atoms with Crippen LogP contribution in [0.3, 0.4) is 0 Å². The van der Waals surface area contributed by atoms with Crippen molar-refractivity contribution in [1.29, 1.82) is 0 Å². The van der Waals surface area contributed by atoms with Gasteiger partial charge in [0.25, 0.3) is 0 Å². The number of fused-ring (bicyclic) bond motifs is 3. The van der Waals surface area contributed by atoms with E-state index in [0.717, 1.165) is 18.7 Å². The van der Waals surface area contributed by atoms with Crippen LogP contribution in [0.4, 0.5) is 10.1 Å². The molecule has 8 heteroatoms. The predicted molar refractivity (Wildman–Crippen MR) is 127 cm³/mol. The van der Waals surface area contributed by atoms with E-state index < -0.39 is 0 Å². The Kier molecular flexibility index (Phi) is 6.78. The second-order valence-electron chi connectivity index (χ2n) is 9.28. The summed E-state index contributed by atoms with van der Waals surface area (Å²) in [5.41, 5.74) is 3.09. The summed E-state index contributed by atoms with van der Waals surface area (Å²) in [4.78, 5) is 32.6. The third-order valence-corrected chi connectivity index (χ3v) is 7.12. The van der Waals surface area contributed by atoms with E-state index in [1.54, 1.807) is 6.07 Å². The largest absolute Gasteiger partial charge is 0.378 e. The van der Waals surface area contributed by atoms with E-state index >= 15 is 0 Å². The minimum atomic E-state index is -0.308. The molecule has 2 amide bonds. The van der Waals surface area contributed by atoms with Crippen molar-refractivity contribution in [2.45, 2.75) is 19.0 Å². The lowest BCUT2D eigenvalue weighted by Gasteiger charge is -2.49. The Hall–Kier alpha value is -2.97. The van der Waals surface area contributed by atoms with Gasteiger partial charge in [-0.25, -0.2) is 4.39 Å². The number of ether oxygens (including phenoxy) is 1. The number of rotatable bonds is 5. The van der Waals surface area contributed by atoms with E-state index in [1.165, 1.54) is 23.4 Å². The molecule has 0 bridgehead atoms. The van der Waals surface area contributed by atoms with E-state index in [0.29, 0.717) is 52.4 Å². The highest BCUT2D eigenvalue weighted by Gasteiger charge is 2.41. The third-order valence-electron chi connectivity index (χ3n) is 7.12. The van der Waals surface area contributed by atoms with E-state index in [-0.39, 0.29) is 29.6 Å². The van der Waals surface area contributed by atoms with Crippen LogP contribution in [0.1, 0.15) is 11.1 Å². The van der Waals surface area contributed by atoms with Crippen LogP contribution in [-0.2, 0) is 27.3 Å². The topological polar surface area (TPSA) is 65.1 Å². The highest BCUT2D eigenvalue weighted by atomic mass is 19.1. The van der Waals surface area contributed by atoms with Gasteiger partial charge in [0.2, 0.25) is 11.8 Å². The van der Waals surface area contributed by atoms with Gasteiger partial charge in [-0.05, 0) is 35.7 Å². The van der Waals surface area contributed by atoms with Gasteiger partial charge in [0.1, 0.15) is 5.82 Å². The second kappa shape index (κ2) is 10.1. The number of carbonyl (C=O) groups excluding carboxylic acids is 2. The lowest BCUT2D eigenvalue weighted by Crippen LogP contribution is -2.62. The first-order valence-electron chi connectivity index (χ1n) is 12.0. The molecule has 0 aromatic heterocycles. The minimum Gasteiger partial charge on any atom is -0.378 e. The third kappa shape index (κ3) is 4.93. The fourth-order valence-electron chi connectivity index (χ4n) is 5.33. The normalized spacial score (nSPS) is 22.6. The standard InChI is InChI=1S/C26H31FN4O3/c27-21-6-3-4-19(14-21)16-28-26(33)22-15-20-5-1-2-7-23(20)31-9-8-29(17-24(22)31)18-25(32)30-10-12-34-13-11-30/h1-7,14,22,24H,8-13,15-18H2,(H,28,33). The minimum absolute atomic E-state index is 0.0198. The van der Waals surface area contributed by atoms with E-state index in [2.05, 4.69) is 27.2 Å². The molecule has 180 valence electrons. The number of hydrogen-bond donors (Lipinski definition) is 1. The Morgan fingerprint density at radius 1 is 1.03 bits per heavy atom. The Balaban J connectivity index is 1.30. The number of carbonyl (C=O) groups is 2. The monoisotopic (exact) mass is 466 g/mol. The molecule has 2 saturated heterocycles. The molecule has 2 aromatic rings. The molecule has 34 heavy (non-hydrogen) atoms. The molecule has 3 heterocycles. The summed E-state index contributed by atoms with van der Waals surface area (Å²) in [6.45, 7) is 5.32. The Bertz CT molecular complexity index is 1040. The number of benzene rings is 2. The van der Waals surface area contributed by atoms with Crippen molar-refractivity contribution in [1.82, 2.24) is 15.1 Å². The average molecular weight is 467 g/mol. The number of anilines is 1. The first-order chi connectivity index (χ1) is 16.6. The van der Waals surface area contributed by atoms with Gasteiger partial charge in [-0.3, -0.25) is 14.5 Å². The summed E-state index contributed by atoms with van der Waals surface area (Å²) in [7, 11) is 0. The average Bonchev–Trinajstić information content (AvgIpc) is 2.87. The number of morpholine rings is 1. The summed E-state index contributed by atoms with van der Waals surface area (Å²) < 4.78 is 18.9. The van der Waals surface area contributed by atoms with Crippen molar-refractivity contribution in [2.75, 3.05) is 57.4 Å². The maximum Gasteiger partial charge on any atom is 0.236 e. The first-order valence-corrected chi connectivity index (χ1v) is 12.0. The van der Waals surface area contributed by atoms with Crippen LogP contribution in [0.25, 0.3) is 0 Å². The molecule has 7 nitrogen and oxygen atoms in total. The number of halogens is 1. The summed E-state index contributed by atoms with van der Waals surface area (Å²) >= 11 is 0. The molecule has 2 unspecified atom stereocenters. The van der Waals surface area contributed by atoms with Gasteiger partial charge in [-0.1, -0.05) is 30.3 Å². The molecule has 5 rings (SSSR count). The van der Waals surface area contributed by atoms with E-state index in [4.69, 9.17) is 4.74 Å². The lowest BCUT2D eigenvalue weighted by atomic mass is 9.83. The maximum absolute atomic E-state index is 13.6. The van der Waals surface area contributed by atoms with Crippen molar-refractivity contribution in [3.05, 3.63) is 65.5 Å². The summed E-state index contributed by atoms with van der Waals surface area (Å²) in [5.74, 6) is -0.461. The summed E-state index contributed by atoms with van der Waals surface area (Å²) in [6, 6.07) is 14.6. The van der Waals surface area contributed by atoms with Gasteiger partial charge in [-0.15, -0.1) is 0 Å². The van der Waals surface area contributed by atoms with Crippen LogP contribution in [-0.4, -0.2) is 80.1 Å². The molecule has 3 aliphatic rings. The molecular weight excluding hydrogens is 435 g/mol. The predicted octanol–water partition coefficient (Wildman–Crippen LogP) is 1.66. The number of nitrogens with zero attached hydrogens (tertiary/aromatic N) is 3. The highest BCUT2D eigenvalue weighted by molar-refractivity contribution is 5.82. The van der Waals surface area contributed by atoms with Crippen molar-refractivity contribution in [2.24, 2.45) is 5.92 Å². The van der Waals surface area contributed by atoms with Crippen molar-refractivity contribution in [3.8, 4) is 0 Å². The molecule has 1 N–H and O–H groups in total. The van der Waals surface area contributed by atoms with Gasteiger partial charge >= 0.3 is 0 Å². The van der Waals surface area contributed by atoms with Gasteiger partial charge in [-0.2, -0.15) is 0 Å². The zero-order valence-corrected chi connectivity index (χ0v) is 19.3. The van der Waals surface area contributed by atoms with Crippen LogP contribution in [0, 0.1) is 11.7 Å². The smallest absolute Gasteiger partial charge is 0.236 e. The van der Waals surface area contributed by atoms with Crippen LogP contribution in [0.15, 0.2) is 48.5 Å².